The van der Waals surface area contributed by atoms with Crippen LogP contribution in [0.3, 0.4) is 0 Å². The number of methoxy groups -OCH3 is 2. The zero-order chi connectivity index (χ0) is 24.6. The van der Waals surface area contributed by atoms with Gasteiger partial charge in [0.25, 0.3) is 15.9 Å². The van der Waals surface area contributed by atoms with Gasteiger partial charge in [0.1, 0.15) is 0 Å². The van der Waals surface area contributed by atoms with E-state index >= 15 is 0 Å². The number of sulfonamides is 1. The van der Waals surface area contributed by atoms with Crippen molar-refractivity contribution in [2.24, 2.45) is 0 Å². The first-order valence-corrected chi connectivity index (χ1v) is 12.4. The van der Waals surface area contributed by atoms with Gasteiger partial charge in [-0.2, -0.15) is 0 Å². The number of ether oxygens (including phenoxy) is 4. The molecule has 0 atom stereocenters. The fraction of sp³-hybridized carbons (Fsp3) is 0.240. The van der Waals surface area contributed by atoms with E-state index in [0.29, 0.717) is 53.8 Å². The summed E-state index contributed by atoms with van der Waals surface area (Å²) in [6.45, 7) is 0.992. The van der Waals surface area contributed by atoms with Gasteiger partial charge in [-0.1, -0.05) is 6.07 Å². The van der Waals surface area contributed by atoms with E-state index in [1.165, 1.54) is 12.1 Å². The molecule has 0 aromatic heterocycles. The van der Waals surface area contributed by atoms with Gasteiger partial charge >= 0.3 is 0 Å². The number of carbonyl (C=O) groups excluding carboxylic acids is 1. The Hall–Kier alpha value is -3.92. The smallest absolute Gasteiger partial charge is 0.261 e. The Morgan fingerprint density at radius 3 is 2.46 bits per heavy atom. The number of fused-ring (bicyclic) bond motifs is 2. The van der Waals surface area contributed by atoms with Crippen molar-refractivity contribution in [1.82, 2.24) is 4.90 Å². The number of amides is 1. The van der Waals surface area contributed by atoms with Crippen molar-refractivity contribution in [2.45, 2.75) is 17.9 Å². The maximum absolute atomic E-state index is 13.3. The van der Waals surface area contributed by atoms with Crippen LogP contribution in [0, 0.1) is 0 Å². The fourth-order valence-electron chi connectivity index (χ4n) is 4.21. The lowest BCUT2D eigenvalue weighted by molar-refractivity contribution is 0.0734. The molecular formula is C25H24N2O7S. The van der Waals surface area contributed by atoms with Gasteiger partial charge in [0.15, 0.2) is 23.0 Å². The lowest BCUT2D eigenvalue weighted by Gasteiger charge is -2.29. The van der Waals surface area contributed by atoms with Crippen molar-refractivity contribution < 1.29 is 32.2 Å². The Morgan fingerprint density at radius 1 is 0.943 bits per heavy atom. The first-order chi connectivity index (χ1) is 16.9. The number of nitrogens with one attached hydrogen (secondary N) is 1. The standard InChI is InChI=1S/C25H24N2O7S/c1-31-22-11-16-8-9-27(14-18(16)12-23(22)32-2)25(28)17-4-3-5-20(10-17)35(29,30)26-19-6-7-21-24(13-19)34-15-33-21/h3-7,10-13,26H,8-9,14-15H2,1-2H3. The van der Waals surface area contributed by atoms with Crippen LogP contribution < -0.4 is 23.7 Å². The van der Waals surface area contributed by atoms with Crippen LogP contribution in [0.1, 0.15) is 21.5 Å². The average Bonchev–Trinajstić information content (AvgIpc) is 3.35. The molecule has 5 rings (SSSR count). The van der Waals surface area contributed by atoms with Crippen LogP contribution in [0.15, 0.2) is 59.5 Å². The van der Waals surface area contributed by atoms with Crippen molar-refractivity contribution in [3.05, 3.63) is 71.3 Å². The third-order valence-electron chi connectivity index (χ3n) is 6.02. The molecule has 3 aromatic carbocycles. The molecule has 3 aromatic rings. The van der Waals surface area contributed by atoms with E-state index in [1.54, 1.807) is 49.5 Å². The highest BCUT2D eigenvalue weighted by molar-refractivity contribution is 7.92. The summed E-state index contributed by atoms with van der Waals surface area (Å²) in [5.41, 5.74) is 2.69. The summed E-state index contributed by atoms with van der Waals surface area (Å²) < 4.78 is 49.9. The topological polar surface area (TPSA) is 103 Å². The summed E-state index contributed by atoms with van der Waals surface area (Å²) >= 11 is 0. The molecule has 2 heterocycles. The summed E-state index contributed by atoms with van der Waals surface area (Å²) in [6.07, 6.45) is 0.658. The lowest BCUT2D eigenvalue weighted by Crippen LogP contribution is -2.36. The molecule has 1 N–H and O–H groups in total. The number of hydrogen-bond donors (Lipinski definition) is 1. The van der Waals surface area contributed by atoms with Gasteiger partial charge in [-0.3, -0.25) is 9.52 Å². The molecule has 0 radical (unpaired) electrons. The number of hydrogen-bond acceptors (Lipinski definition) is 7. The van der Waals surface area contributed by atoms with Crippen molar-refractivity contribution in [3.63, 3.8) is 0 Å². The van der Waals surface area contributed by atoms with Crippen LogP contribution in [-0.2, 0) is 23.0 Å². The molecule has 2 aliphatic heterocycles. The summed E-state index contributed by atoms with van der Waals surface area (Å²) in [4.78, 5) is 15.0. The highest BCUT2D eigenvalue weighted by Gasteiger charge is 2.25. The van der Waals surface area contributed by atoms with Gasteiger partial charge in [0.05, 0.1) is 24.8 Å². The summed E-state index contributed by atoms with van der Waals surface area (Å²) in [6, 6.07) is 14.6. The van der Waals surface area contributed by atoms with E-state index in [1.807, 2.05) is 12.1 Å². The Kier molecular flexibility index (Phi) is 5.89. The van der Waals surface area contributed by atoms with Crippen LogP contribution in [0.25, 0.3) is 0 Å². The number of benzene rings is 3. The van der Waals surface area contributed by atoms with E-state index in [0.717, 1.165) is 11.1 Å². The van der Waals surface area contributed by atoms with E-state index in [2.05, 4.69) is 4.72 Å². The van der Waals surface area contributed by atoms with Gasteiger partial charge in [-0.05, 0) is 60.0 Å². The van der Waals surface area contributed by atoms with E-state index < -0.39 is 10.0 Å². The minimum absolute atomic E-state index is 0.00941. The van der Waals surface area contributed by atoms with Crippen LogP contribution in [0.4, 0.5) is 5.69 Å². The van der Waals surface area contributed by atoms with E-state index in [-0.39, 0.29) is 17.6 Å². The maximum Gasteiger partial charge on any atom is 0.261 e. The van der Waals surface area contributed by atoms with Crippen molar-refractivity contribution in [3.8, 4) is 23.0 Å². The molecule has 0 saturated carbocycles. The molecule has 0 unspecified atom stereocenters. The number of nitrogens with zero attached hydrogens (tertiary/aromatic N) is 1. The predicted molar refractivity (Wildman–Crippen MR) is 128 cm³/mol. The zero-order valence-electron chi connectivity index (χ0n) is 19.2. The molecule has 10 heteroatoms. The number of rotatable bonds is 6. The molecule has 1 amide bonds. The number of carbonyl (C=O) groups is 1. The summed E-state index contributed by atoms with van der Waals surface area (Å²) in [7, 11) is -0.773. The van der Waals surface area contributed by atoms with Crippen LogP contribution in [0.5, 0.6) is 23.0 Å². The van der Waals surface area contributed by atoms with Crippen LogP contribution in [0.2, 0.25) is 0 Å². The van der Waals surface area contributed by atoms with Gasteiger partial charge in [0, 0.05) is 24.7 Å². The monoisotopic (exact) mass is 496 g/mol. The maximum atomic E-state index is 13.3. The summed E-state index contributed by atoms with van der Waals surface area (Å²) in [5.74, 6) is 2.03. The molecular weight excluding hydrogens is 472 g/mol. The van der Waals surface area contributed by atoms with Gasteiger partial charge in [-0.15, -0.1) is 0 Å². The third kappa shape index (κ3) is 4.44. The average molecular weight is 497 g/mol. The van der Waals surface area contributed by atoms with Crippen LogP contribution >= 0.6 is 0 Å². The molecule has 182 valence electrons. The number of anilines is 1. The van der Waals surface area contributed by atoms with Gasteiger partial charge in [0.2, 0.25) is 6.79 Å². The molecule has 0 fully saturated rings. The fourth-order valence-corrected chi connectivity index (χ4v) is 5.30. The summed E-state index contributed by atoms with van der Waals surface area (Å²) in [5, 5.41) is 0. The Bertz CT molecular complexity index is 1400. The molecule has 9 nitrogen and oxygen atoms in total. The molecule has 2 aliphatic rings. The van der Waals surface area contributed by atoms with Crippen LogP contribution in [-0.4, -0.2) is 46.8 Å². The first kappa shape index (κ1) is 22.9. The van der Waals surface area contributed by atoms with E-state index in [4.69, 9.17) is 18.9 Å². The van der Waals surface area contributed by atoms with Gasteiger partial charge in [-0.25, -0.2) is 8.42 Å². The normalized spacial score (nSPS) is 14.3. The quantitative estimate of drug-likeness (QED) is 0.558. The van der Waals surface area contributed by atoms with Crippen molar-refractivity contribution in [1.29, 1.82) is 0 Å². The molecule has 0 spiro atoms. The Labute approximate surface area is 203 Å². The van der Waals surface area contributed by atoms with Crippen molar-refractivity contribution >= 4 is 21.6 Å². The Morgan fingerprint density at radius 2 is 1.69 bits per heavy atom. The Balaban J connectivity index is 1.35. The minimum Gasteiger partial charge on any atom is -0.493 e. The molecule has 0 bridgehead atoms. The zero-order valence-corrected chi connectivity index (χ0v) is 20.1. The molecule has 35 heavy (non-hydrogen) atoms. The lowest BCUT2D eigenvalue weighted by atomic mass is 9.98. The second-order valence-corrected chi connectivity index (χ2v) is 9.84. The highest BCUT2D eigenvalue weighted by atomic mass is 32.2. The third-order valence-corrected chi connectivity index (χ3v) is 7.40. The van der Waals surface area contributed by atoms with Gasteiger partial charge < -0.3 is 23.8 Å². The predicted octanol–water partition coefficient (Wildman–Crippen LogP) is 3.43. The molecule has 0 saturated heterocycles. The second kappa shape index (κ2) is 9.03. The SMILES string of the molecule is COc1cc2c(cc1OC)CN(C(=O)c1cccc(S(=O)(=O)Nc3ccc4c(c3)OCO4)c1)CC2. The van der Waals surface area contributed by atoms with E-state index in [9.17, 15) is 13.2 Å². The molecule has 0 aliphatic carbocycles. The second-order valence-electron chi connectivity index (χ2n) is 8.15. The largest absolute Gasteiger partial charge is 0.493 e. The van der Waals surface area contributed by atoms with Crippen molar-refractivity contribution in [2.75, 3.05) is 32.3 Å². The first-order valence-electron chi connectivity index (χ1n) is 10.9. The highest BCUT2D eigenvalue weighted by Crippen LogP contribution is 2.35. The minimum atomic E-state index is -3.93.